The monoisotopic (exact) mass is 212 g/mol. The Morgan fingerprint density at radius 2 is 1.56 bits per heavy atom. The Labute approximate surface area is 91.5 Å². The maximum absolute atomic E-state index is 12.0. The van der Waals surface area contributed by atoms with Crippen molar-refractivity contribution < 1.29 is 9.59 Å². The third kappa shape index (κ3) is 1.04. The quantitative estimate of drug-likeness (QED) is 0.733. The number of hydrogen-bond acceptors (Lipinski definition) is 2. The largest absolute Gasteiger partial charge is 0.366 e. The van der Waals surface area contributed by atoms with Gasteiger partial charge in [-0.2, -0.15) is 0 Å². The van der Waals surface area contributed by atoms with Crippen molar-refractivity contribution in [3.63, 3.8) is 0 Å². The molecule has 2 amide bonds. The highest BCUT2D eigenvalue weighted by Gasteiger charge is 2.36. The Balaban J connectivity index is 2.15. The van der Waals surface area contributed by atoms with E-state index >= 15 is 0 Å². The van der Waals surface area contributed by atoms with Crippen LogP contribution >= 0.6 is 0 Å². The van der Waals surface area contributed by atoms with Crippen LogP contribution in [0.25, 0.3) is 0 Å². The summed E-state index contributed by atoms with van der Waals surface area (Å²) in [5, 5.41) is 0. The van der Waals surface area contributed by atoms with E-state index in [4.69, 9.17) is 0 Å². The number of nitrogens with zero attached hydrogens (tertiary/aromatic N) is 1. The van der Waals surface area contributed by atoms with Crippen molar-refractivity contribution in [2.45, 2.75) is 0 Å². The molecule has 0 atom stereocenters. The van der Waals surface area contributed by atoms with Crippen LogP contribution in [0.5, 0.6) is 0 Å². The van der Waals surface area contributed by atoms with E-state index in [-0.39, 0.29) is 11.8 Å². The van der Waals surface area contributed by atoms with Gasteiger partial charge < -0.3 is 4.98 Å². The zero-order valence-corrected chi connectivity index (χ0v) is 8.31. The predicted molar refractivity (Wildman–Crippen MR) is 58.4 cm³/mol. The third-order valence-corrected chi connectivity index (χ3v) is 2.63. The fourth-order valence-electron chi connectivity index (χ4n) is 1.88. The van der Waals surface area contributed by atoms with Crippen molar-refractivity contribution in [1.29, 1.82) is 0 Å². The number of carbonyl (C=O) groups is 2. The normalized spacial score (nSPS) is 14.4. The number of amides is 2. The average Bonchev–Trinajstić information content (AvgIpc) is 2.89. The van der Waals surface area contributed by atoms with Crippen LogP contribution in [-0.4, -0.2) is 16.8 Å². The van der Waals surface area contributed by atoms with Gasteiger partial charge in [0.05, 0.1) is 16.8 Å². The smallest absolute Gasteiger partial charge is 0.266 e. The summed E-state index contributed by atoms with van der Waals surface area (Å²) in [5.74, 6) is -0.527. The molecule has 4 heteroatoms. The second-order valence-electron chi connectivity index (χ2n) is 3.56. The zero-order valence-electron chi connectivity index (χ0n) is 8.31. The molecule has 4 nitrogen and oxygen atoms in total. The SMILES string of the molecule is O=C1c2ccccc2C(=O)N1c1cc[nH]c1. The Morgan fingerprint density at radius 3 is 2.06 bits per heavy atom. The Morgan fingerprint density at radius 1 is 0.938 bits per heavy atom. The lowest BCUT2D eigenvalue weighted by molar-refractivity contribution is 0.0926. The first-order valence-corrected chi connectivity index (χ1v) is 4.89. The number of hydrogen-bond donors (Lipinski definition) is 1. The molecule has 78 valence electrons. The first kappa shape index (κ1) is 8.91. The number of H-pyrrole nitrogens is 1. The number of carbonyl (C=O) groups excluding carboxylic acids is 2. The van der Waals surface area contributed by atoms with Gasteiger partial charge in [0, 0.05) is 12.4 Å². The fraction of sp³-hybridized carbons (Fsp3) is 0. The molecule has 1 aliphatic heterocycles. The van der Waals surface area contributed by atoms with Crippen LogP contribution in [0.15, 0.2) is 42.7 Å². The number of fused-ring (bicyclic) bond motifs is 1. The Hall–Kier alpha value is -2.36. The van der Waals surface area contributed by atoms with E-state index in [1.807, 2.05) is 0 Å². The summed E-state index contributed by atoms with van der Waals surface area (Å²) in [5.41, 5.74) is 1.51. The van der Waals surface area contributed by atoms with Crippen LogP contribution in [0, 0.1) is 0 Å². The summed E-state index contributed by atoms with van der Waals surface area (Å²) in [6.45, 7) is 0. The zero-order chi connectivity index (χ0) is 11.1. The molecule has 0 radical (unpaired) electrons. The number of imide groups is 1. The molecule has 0 bridgehead atoms. The van der Waals surface area contributed by atoms with Crippen LogP contribution in [0.3, 0.4) is 0 Å². The maximum atomic E-state index is 12.0. The van der Waals surface area contributed by atoms with Crippen molar-refractivity contribution in [2.24, 2.45) is 0 Å². The lowest BCUT2D eigenvalue weighted by Crippen LogP contribution is -2.28. The van der Waals surface area contributed by atoms with Crippen molar-refractivity contribution in [3.05, 3.63) is 53.9 Å². The highest BCUT2D eigenvalue weighted by atomic mass is 16.2. The van der Waals surface area contributed by atoms with Crippen LogP contribution in [0.2, 0.25) is 0 Å². The molecule has 0 saturated heterocycles. The lowest BCUT2D eigenvalue weighted by atomic mass is 10.1. The minimum Gasteiger partial charge on any atom is -0.366 e. The number of aromatic nitrogens is 1. The van der Waals surface area contributed by atoms with Crippen LogP contribution in [0.1, 0.15) is 20.7 Å². The molecule has 1 aliphatic rings. The Kier molecular flexibility index (Phi) is 1.71. The molecular weight excluding hydrogens is 204 g/mol. The van der Waals surface area contributed by atoms with Crippen molar-refractivity contribution in [1.82, 2.24) is 4.98 Å². The fourth-order valence-corrected chi connectivity index (χ4v) is 1.88. The average molecular weight is 212 g/mol. The number of rotatable bonds is 1. The molecule has 0 fully saturated rings. The summed E-state index contributed by atoms with van der Waals surface area (Å²) in [6, 6.07) is 8.54. The molecule has 1 aromatic carbocycles. The molecule has 2 heterocycles. The van der Waals surface area contributed by atoms with Gasteiger partial charge in [0.25, 0.3) is 11.8 Å². The molecule has 1 aromatic heterocycles. The second-order valence-corrected chi connectivity index (χ2v) is 3.56. The standard InChI is InChI=1S/C12H8N2O2/c15-11-9-3-1-2-4-10(9)12(16)14(11)8-5-6-13-7-8/h1-7,13H. The highest BCUT2D eigenvalue weighted by molar-refractivity contribution is 6.34. The summed E-state index contributed by atoms with van der Waals surface area (Å²) in [7, 11) is 0. The van der Waals surface area contributed by atoms with E-state index in [1.165, 1.54) is 4.90 Å². The second kappa shape index (κ2) is 3.06. The topological polar surface area (TPSA) is 53.2 Å². The van der Waals surface area contributed by atoms with E-state index in [9.17, 15) is 9.59 Å². The molecule has 2 aromatic rings. The van der Waals surface area contributed by atoms with Crippen LogP contribution < -0.4 is 4.90 Å². The van der Waals surface area contributed by atoms with E-state index in [0.29, 0.717) is 16.8 Å². The van der Waals surface area contributed by atoms with Gasteiger partial charge in [-0.25, -0.2) is 4.90 Å². The minimum absolute atomic E-state index is 0.264. The Bertz CT molecular complexity index is 537. The molecule has 3 rings (SSSR count). The van der Waals surface area contributed by atoms with Crippen LogP contribution in [0.4, 0.5) is 5.69 Å². The molecule has 16 heavy (non-hydrogen) atoms. The third-order valence-electron chi connectivity index (χ3n) is 2.63. The van der Waals surface area contributed by atoms with Crippen LogP contribution in [-0.2, 0) is 0 Å². The molecule has 0 spiro atoms. The van der Waals surface area contributed by atoms with Gasteiger partial charge in [-0.1, -0.05) is 12.1 Å². The highest BCUT2D eigenvalue weighted by Crippen LogP contribution is 2.27. The number of anilines is 1. The van der Waals surface area contributed by atoms with Gasteiger partial charge in [-0.05, 0) is 18.2 Å². The molecule has 0 aliphatic carbocycles. The number of benzene rings is 1. The van der Waals surface area contributed by atoms with E-state index < -0.39 is 0 Å². The first-order chi connectivity index (χ1) is 7.79. The number of aromatic amines is 1. The molecular formula is C12H8N2O2. The lowest BCUT2D eigenvalue weighted by Gasteiger charge is -2.10. The van der Waals surface area contributed by atoms with Gasteiger partial charge in [0.2, 0.25) is 0 Å². The number of nitrogens with one attached hydrogen (secondary N) is 1. The van der Waals surface area contributed by atoms with Gasteiger partial charge in [-0.3, -0.25) is 9.59 Å². The van der Waals surface area contributed by atoms with Gasteiger partial charge in [0.15, 0.2) is 0 Å². The van der Waals surface area contributed by atoms with Gasteiger partial charge in [0.1, 0.15) is 0 Å². The molecule has 0 saturated carbocycles. The van der Waals surface area contributed by atoms with E-state index in [0.717, 1.165) is 0 Å². The van der Waals surface area contributed by atoms with Crippen molar-refractivity contribution in [2.75, 3.05) is 4.90 Å². The molecule has 0 unspecified atom stereocenters. The first-order valence-electron chi connectivity index (χ1n) is 4.89. The van der Waals surface area contributed by atoms with Gasteiger partial charge >= 0.3 is 0 Å². The van der Waals surface area contributed by atoms with E-state index in [2.05, 4.69) is 4.98 Å². The summed E-state index contributed by atoms with van der Waals surface area (Å²) in [6.07, 6.45) is 3.31. The van der Waals surface area contributed by atoms with Crippen molar-refractivity contribution in [3.8, 4) is 0 Å². The van der Waals surface area contributed by atoms with Crippen molar-refractivity contribution >= 4 is 17.5 Å². The minimum atomic E-state index is -0.264. The summed E-state index contributed by atoms with van der Waals surface area (Å²) in [4.78, 5) is 28.0. The maximum Gasteiger partial charge on any atom is 0.266 e. The van der Waals surface area contributed by atoms with Gasteiger partial charge in [-0.15, -0.1) is 0 Å². The summed E-state index contributed by atoms with van der Waals surface area (Å²) >= 11 is 0. The predicted octanol–water partition coefficient (Wildman–Crippen LogP) is 1.82. The molecule has 1 N–H and O–H groups in total. The summed E-state index contributed by atoms with van der Waals surface area (Å²) < 4.78 is 0. The van der Waals surface area contributed by atoms with E-state index in [1.54, 1.807) is 42.7 Å².